The highest BCUT2D eigenvalue weighted by atomic mass is 35.5. The zero-order chi connectivity index (χ0) is 26.6. The maximum atomic E-state index is 14.3. The summed E-state index contributed by atoms with van der Waals surface area (Å²) < 4.78 is 56.3. The first-order valence-corrected chi connectivity index (χ1v) is 12.2. The maximum absolute atomic E-state index is 14.3. The Morgan fingerprint density at radius 1 is 1.22 bits per heavy atom. The van der Waals surface area contributed by atoms with Crippen LogP contribution in [-0.2, 0) is 35.3 Å². The SMILES string of the molecule is CC.O=C(O)CC1CCN(CC(=O)N2CCc3c(C(F)(F)F)nn(Cc4ccc(Cl)cc4F)c3C2)C1. The number of alkyl halides is 3. The zero-order valence-electron chi connectivity index (χ0n) is 20.1. The summed E-state index contributed by atoms with van der Waals surface area (Å²) in [7, 11) is 0. The summed E-state index contributed by atoms with van der Waals surface area (Å²) in [6.45, 7) is 4.96. The molecule has 1 unspecified atom stereocenters. The molecule has 3 heterocycles. The molecule has 1 aromatic carbocycles. The third-order valence-electron chi connectivity index (χ3n) is 6.29. The average molecular weight is 533 g/mol. The van der Waals surface area contributed by atoms with E-state index in [4.69, 9.17) is 16.7 Å². The minimum Gasteiger partial charge on any atom is -0.481 e. The van der Waals surface area contributed by atoms with E-state index in [1.807, 2.05) is 18.7 Å². The molecule has 4 rings (SSSR count). The Hall–Kier alpha value is -2.66. The summed E-state index contributed by atoms with van der Waals surface area (Å²) in [6, 6.07) is 3.93. The maximum Gasteiger partial charge on any atom is 0.435 e. The topological polar surface area (TPSA) is 78.7 Å². The Labute approximate surface area is 211 Å². The van der Waals surface area contributed by atoms with Gasteiger partial charge in [0.25, 0.3) is 0 Å². The van der Waals surface area contributed by atoms with E-state index in [-0.39, 0.29) is 72.7 Å². The molecule has 1 fully saturated rings. The van der Waals surface area contributed by atoms with Gasteiger partial charge in [0.1, 0.15) is 5.82 Å². The molecule has 1 atom stereocenters. The first-order valence-electron chi connectivity index (χ1n) is 11.8. The van der Waals surface area contributed by atoms with Crippen molar-refractivity contribution in [2.24, 2.45) is 5.92 Å². The molecular formula is C24H29ClF4N4O3. The lowest BCUT2D eigenvalue weighted by atomic mass is 10.0. The molecule has 198 valence electrons. The van der Waals surface area contributed by atoms with Gasteiger partial charge in [-0.05, 0) is 37.4 Å². The summed E-state index contributed by atoms with van der Waals surface area (Å²) in [5.74, 6) is -1.81. The number of halogens is 5. The van der Waals surface area contributed by atoms with E-state index in [1.54, 1.807) is 0 Å². The number of carboxylic acid groups (broad SMARTS) is 1. The summed E-state index contributed by atoms with van der Waals surface area (Å²) >= 11 is 5.77. The summed E-state index contributed by atoms with van der Waals surface area (Å²) in [5, 5.41) is 12.9. The molecule has 0 aliphatic carbocycles. The van der Waals surface area contributed by atoms with Gasteiger partial charge < -0.3 is 10.0 Å². The van der Waals surface area contributed by atoms with Crippen LogP contribution >= 0.6 is 11.6 Å². The Bertz CT molecular complexity index is 1110. The number of carboxylic acids is 1. The third kappa shape index (κ3) is 6.56. The van der Waals surface area contributed by atoms with Crippen LogP contribution in [0.2, 0.25) is 5.02 Å². The number of likely N-dealkylation sites (tertiary alicyclic amines) is 1. The number of benzene rings is 1. The van der Waals surface area contributed by atoms with Crippen LogP contribution in [0.4, 0.5) is 17.6 Å². The fraction of sp³-hybridized carbons (Fsp3) is 0.542. The van der Waals surface area contributed by atoms with Crippen LogP contribution in [0.3, 0.4) is 0 Å². The Morgan fingerprint density at radius 2 is 1.94 bits per heavy atom. The standard InChI is InChI=1S/C22H23ClF4N4O3.C2H6/c23-15-2-1-14(17(24)8-15)10-31-18-11-30(6-4-16(18)21(28-31)22(25,26)27)19(32)12-29-5-3-13(9-29)7-20(33)34;1-2/h1-2,8,13H,3-7,9-12H2,(H,33,34);1-2H3. The van der Waals surface area contributed by atoms with Gasteiger partial charge in [-0.15, -0.1) is 0 Å². The number of hydrogen-bond donors (Lipinski definition) is 1. The number of nitrogens with zero attached hydrogens (tertiary/aromatic N) is 4. The fourth-order valence-corrected chi connectivity index (χ4v) is 4.78. The van der Waals surface area contributed by atoms with Crippen molar-refractivity contribution in [1.29, 1.82) is 0 Å². The van der Waals surface area contributed by atoms with Gasteiger partial charge in [-0.1, -0.05) is 31.5 Å². The lowest BCUT2D eigenvalue weighted by Crippen LogP contribution is -2.42. The number of carbonyl (C=O) groups excluding carboxylic acids is 1. The van der Waals surface area contributed by atoms with Gasteiger partial charge in [0, 0.05) is 35.7 Å². The molecule has 2 aromatic rings. The van der Waals surface area contributed by atoms with Gasteiger partial charge in [0.15, 0.2) is 5.69 Å². The van der Waals surface area contributed by atoms with Gasteiger partial charge >= 0.3 is 12.1 Å². The quantitative estimate of drug-likeness (QED) is 0.556. The average Bonchev–Trinajstić information content (AvgIpc) is 3.40. The summed E-state index contributed by atoms with van der Waals surface area (Å²) in [4.78, 5) is 27.2. The van der Waals surface area contributed by atoms with Gasteiger partial charge in [0.05, 0.1) is 25.3 Å². The van der Waals surface area contributed by atoms with E-state index in [0.29, 0.717) is 19.5 Å². The minimum atomic E-state index is -4.67. The van der Waals surface area contributed by atoms with Crippen LogP contribution in [0.25, 0.3) is 0 Å². The molecule has 12 heteroatoms. The smallest absolute Gasteiger partial charge is 0.435 e. The molecule has 1 aromatic heterocycles. The van der Waals surface area contributed by atoms with Crippen LogP contribution in [-0.4, -0.2) is 62.7 Å². The molecule has 0 bridgehead atoms. The summed E-state index contributed by atoms with van der Waals surface area (Å²) in [6.07, 6.45) is -3.97. The number of amides is 1. The van der Waals surface area contributed by atoms with Crippen LogP contribution in [0.15, 0.2) is 18.2 Å². The molecule has 1 N–H and O–H groups in total. The van der Waals surface area contributed by atoms with Crippen molar-refractivity contribution in [2.75, 3.05) is 26.2 Å². The largest absolute Gasteiger partial charge is 0.481 e. The Kier molecular flexibility index (Phi) is 8.99. The Morgan fingerprint density at radius 3 is 2.58 bits per heavy atom. The molecule has 0 radical (unpaired) electrons. The van der Waals surface area contributed by atoms with Crippen molar-refractivity contribution in [1.82, 2.24) is 19.6 Å². The fourth-order valence-electron chi connectivity index (χ4n) is 4.62. The van der Waals surface area contributed by atoms with Crippen LogP contribution in [0.1, 0.15) is 49.2 Å². The van der Waals surface area contributed by atoms with Crippen LogP contribution in [0, 0.1) is 11.7 Å². The third-order valence-corrected chi connectivity index (χ3v) is 6.52. The molecule has 7 nitrogen and oxygen atoms in total. The van der Waals surface area contributed by atoms with Crippen molar-refractivity contribution in [3.05, 3.63) is 51.6 Å². The highest BCUT2D eigenvalue weighted by molar-refractivity contribution is 6.30. The second kappa shape index (κ2) is 11.6. The monoisotopic (exact) mass is 532 g/mol. The van der Waals surface area contributed by atoms with E-state index in [2.05, 4.69) is 5.10 Å². The van der Waals surface area contributed by atoms with Gasteiger partial charge in [0.2, 0.25) is 5.91 Å². The molecular weight excluding hydrogens is 504 g/mol. The van der Waals surface area contributed by atoms with Crippen molar-refractivity contribution in [3.8, 4) is 0 Å². The highest BCUT2D eigenvalue weighted by Crippen LogP contribution is 2.35. The molecule has 36 heavy (non-hydrogen) atoms. The number of hydrogen-bond acceptors (Lipinski definition) is 4. The normalized spacial score (nSPS) is 18.0. The number of aliphatic carboxylic acids is 1. The molecule has 2 aliphatic rings. The predicted octanol–water partition coefficient (Wildman–Crippen LogP) is 4.45. The van der Waals surface area contributed by atoms with Gasteiger partial charge in [-0.2, -0.15) is 18.3 Å². The highest BCUT2D eigenvalue weighted by Gasteiger charge is 2.41. The predicted molar refractivity (Wildman–Crippen MR) is 125 cm³/mol. The van der Waals surface area contributed by atoms with E-state index < -0.39 is 23.7 Å². The number of fused-ring (bicyclic) bond motifs is 1. The number of carbonyl (C=O) groups is 2. The zero-order valence-corrected chi connectivity index (χ0v) is 20.9. The molecule has 1 saturated heterocycles. The van der Waals surface area contributed by atoms with E-state index in [9.17, 15) is 27.2 Å². The minimum absolute atomic E-state index is 0.0132. The van der Waals surface area contributed by atoms with Crippen LogP contribution < -0.4 is 0 Å². The molecule has 1 amide bonds. The van der Waals surface area contributed by atoms with Gasteiger partial charge in [-0.3, -0.25) is 19.2 Å². The van der Waals surface area contributed by atoms with E-state index >= 15 is 0 Å². The van der Waals surface area contributed by atoms with Crippen molar-refractivity contribution in [3.63, 3.8) is 0 Å². The van der Waals surface area contributed by atoms with E-state index in [0.717, 1.165) is 10.7 Å². The second-order valence-electron chi connectivity index (χ2n) is 8.72. The second-order valence-corrected chi connectivity index (χ2v) is 9.15. The molecule has 0 saturated carbocycles. The molecule has 2 aliphatic heterocycles. The lowest BCUT2D eigenvalue weighted by molar-refractivity contribution is -0.142. The summed E-state index contributed by atoms with van der Waals surface area (Å²) in [5.41, 5.74) is -0.631. The Balaban J connectivity index is 0.00000176. The van der Waals surface area contributed by atoms with E-state index in [1.165, 1.54) is 17.0 Å². The van der Waals surface area contributed by atoms with Crippen LogP contribution in [0.5, 0.6) is 0 Å². The number of aromatic nitrogens is 2. The van der Waals surface area contributed by atoms with Gasteiger partial charge in [-0.25, -0.2) is 4.39 Å². The van der Waals surface area contributed by atoms with Crippen molar-refractivity contribution < 1.29 is 32.3 Å². The van der Waals surface area contributed by atoms with Crippen molar-refractivity contribution >= 4 is 23.5 Å². The lowest BCUT2D eigenvalue weighted by Gasteiger charge is -2.30. The molecule has 0 spiro atoms. The first-order chi connectivity index (χ1) is 17.0. The van der Waals surface area contributed by atoms with Crippen molar-refractivity contribution in [2.45, 2.75) is 52.4 Å². The number of rotatable bonds is 6. The first kappa shape index (κ1) is 27.9.